The van der Waals surface area contributed by atoms with Gasteiger partial charge in [-0.2, -0.15) is 0 Å². The van der Waals surface area contributed by atoms with Crippen LogP contribution in [0, 0.1) is 11.8 Å². The Bertz CT molecular complexity index is 296. The molecule has 0 radical (unpaired) electrons. The Kier molecular flexibility index (Phi) is 4.18. The predicted octanol–water partition coefficient (Wildman–Crippen LogP) is 2.09. The van der Waals surface area contributed by atoms with Crippen LogP contribution >= 0.6 is 0 Å². The zero-order valence-corrected chi connectivity index (χ0v) is 11.0. The van der Waals surface area contributed by atoms with Crippen LogP contribution < -0.4 is 0 Å². The van der Waals surface area contributed by atoms with Crippen molar-refractivity contribution in [1.29, 1.82) is 0 Å². The number of hydrogen-bond donors (Lipinski definition) is 0. The van der Waals surface area contributed by atoms with Crippen LogP contribution in [0.3, 0.4) is 0 Å². The van der Waals surface area contributed by atoms with Crippen molar-refractivity contribution in [2.45, 2.75) is 45.8 Å². The molecule has 1 unspecified atom stereocenters. The summed E-state index contributed by atoms with van der Waals surface area (Å²) in [5, 5.41) is -0.289. The minimum Gasteiger partial charge on any atom is -0.212 e. The Morgan fingerprint density at radius 1 is 1.20 bits per heavy atom. The summed E-state index contributed by atoms with van der Waals surface area (Å²) in [5.41, 5.74) is 0. The van der Waals surface area contributed by atoms with Crippen molar-refractivity contribution < 1.29 is 8.42 Å². The second-order valence-electron chi connectivity index (χ2n) is 5.10. The van der Waals surface area contributed by atoms with Crippen molar-refractivity contribution >= 4 is 10.0 Å². The number of piperidine rings is 1. The first-order valence-corrected chi connectivity index (χ1v) is 7.35. The molecular weight excluding hydrogens is 210 g/mol. The molecule has 0 amide bonds. The highest BCUT2D eigenvalue weighted by molar-refractivity contribution is 7.89. The normalized spacial score (nSPS) is 25.1. The van der Waals surface area contributed by atoms with Gasteiger partial charge in [0.25, 0.3) is 0 Å². The highest BCUT2D eigenvalue weighted by Crippen LogP contribution is 2.26. The van der Waals surface area contributed by atoms with E-state index >= 15 is 0 Å². The van der Waals surface area contributed by atoms with E-state index in [0.717, 1.165) is 13.0 Å². The number of rotatable bonds is 3. The molecule has 1 heterocycles. The smallest absolute Gasteiger partial charge is 0.212 e. The Balaban J connectivity index is 2.72. The molecule has 15 heavy (non-hydrogen) atoms. The zero-order valence-electron chi connectivity index (χ0n) is 10.2. The Hall–Kier alpha value is -0.0900. The SMILES string of the molecule is CC(C)C1CCCN(S(=O)(=O)C(C)C)C1. The summed E-state index contributed by atoms with van der Waals surface area (Å²) in [6.07, 6.45) is 2.18. The van der Waals surface area contributed by atoms with Crippen LogP contribution in [0.1, 0.15) is 40.5 Å². The van der Waals surface area contributed by atoms with Crippen molar-refractivity contribution in [2.75, 3.05) is 13.1 Å². The van der Waals surface area contributed by atoms with Crippen molar-refractivity contribution in [3.05, 3.63) is 0 Å². The Labute approximate surface area is 93.9 Å². The number of nitrogens with zero attached hydrogens (tertiary/aromatic N) is 1. The first-order chi connectivity index (χ1) is 6.85. The quantitative estimate of drug-likeness (QED) is 0.748. The molecule has 1 saturated heterocycles. The van der Waals surface area contributed by atoms with Gasteiger partial charge in [-0.25, -0.2) is 12.7 Å². The van der Waals surface area contributed by atoms with E-state index in [-0.39, 0.29) is 5.25 Å². The van der Waals surface area contributed by atoms with Gasteiger partial charge in [-0.05, 0) is 38.5 Å². The largest absolute Gasteiger partial charge is 0.216 e. The summed E-state index contributed by atoms with van der Waals surface area (Å²) >= 11 is 0. The molecule has 0 aliphatic carbocycles. The number of sulfonamides is 1. The van der Waals surface area contributed by atoms with E-state index in [1.54, 1.807) is 18.2 Å². The summed E-state index contributed by atoms with van der Waals surface area (Å²) in [7, 11) is -3.03. The molecule has 0 N–H and O–H groups in total. The first kappa shape index (κ1) is 13.0. The molecule has 90 valence electrons. The summed E-state index contributed by atoms with van der Waals surface area (Å²) in [6, 6.07) is 0. The van der Waals surface area contributed by atoms with E-state index in [1.807, 2.05) is 0 Å². The van der Waals surface area contributed by atoms with Crippen molar-refractivity contribution in [3.8, 4) is 0 Å². The molecule has 1 rings (SSSR count). The van der Waals surface area contributed by atoms with Gasteiger partial charge in [-0.1, -0.05) is 13.8 Å². The molecule has 0 aromatic rings. The van der Waals surface area contributed by atoms with Crippen LogP contribution in [0.5, 0.6) is 0 Å². The Morgan fingerprint density at radius 3 is 2.27 bits per heavy atom. The fourth-order valence-electron chi connectivity index (χ4n) is 2.05. The van der Waals surface area contributed by atoms with Gasteiger partial charge in [0.2, 0.25) is 10.0 Å². The lowest BCUT2D eigenvalue weighted by Gasteiger charge is -2.34. The van der Waals surface area contributed by atoms with Crippen LogP contribution in [-0.4, -0.2) is 31.1 Å². The molecule has 0 aromatic heterocycles. The van der Waals surface area contributed by atoms with Crippen LogP contribution in [-0.2, 0) is 10.0 Å². The van der Waals surface area contributed by atoms with Gasteiger partial charge >= 0.3 is 0 Å². The molecule has 3 nitrogen and oxygen atoms in total. The maximum absolute atomic E-state index is 12.0. The van der Waals surface area contributed by atoms with Gasteiger partial charge in [0.1, 0.15) is 0 Å². The summed E-state index contributed by atoms with van der Waals surface area (Å²) < 4.78 is 25.6. The molecule has 4 heteroatoms. The summed E-state index contributed by atoms with van der Waals surface area (Å²) in [4.78, 5) is 0. The van der Waals surface area contributed by atoms with Crippen molar-refractivity contribution in [3.63, 3.8) is 0 Å². The second kappa shape index (κ2) is 4.83. The molecule has 0 saturated carbocycles. The van der Waals surface area contributed by atoms with Gasteiger partial charge in [0.15, 0.2) is 0 Å². The third kappa shape index (κ3) is 2.94. The average molecular weight is 233 g/mol. The zero-order chi connectivity index (χ0) is 11.6. The van der Waals surface area contributed by atoms with E-state index in [1.165, 1.54) is 6.42 Å². The predicted molar refractivity (Wildman–Crippen MR) is 63.2 cm³/mol. The van der Waals surface area contributed by atoms with E-state index in [0.29, 0.717) is 18.4 Å². The monoisotopic (exact) mass is 233 g/mol. The summed E-state index contributed by atoms with van der Waals surface area (Å²) in [6.45, 7) is 9.30. The van der Waals surface area contributed by atoms with Crippen molar-refractivity contribution in [2.24, 2.45) is 11.8 Å². The van der Waals surface area contributed by atoms with Crippen LogP contribution in [0.15, 0.2) is 0 Å². The van der Waals surface area contributed by atoms with Gasteiger partial charge in [-0.15, -0.1) is 0 Å². The molecule has 0 bridgehead atoms. The third-order valence-electron chi connectivity index (χ3n) is 3.32. The first-order valence-electron chi connectivity index (χ1n) is 5.84. The maximum Gasteiger partial charge on any atom is 0.216 e. The van der Waals surface area contributed by atoms with Gasteiger partial charge in [-0.3, -0.25) is 0 Å². The molecule has 1 aliphatic rings. The minimum atomic E-state index is -3.03. The lowest BCUT2D eigenvalue weighted by molar-refractivity contribution is 0.218. The minimum absolute atomic E-state index is 0.289. The fraction of sp³-hybridized carbons (Fsp3) is 1.00. The standard InChI is InChI=1S/C11H23NO2S/c1-9(2)11-6-5-7-12(8-11)15(13,14)10(3)4/h9-11H,5-8H2,1-4H3. The highest BCUT2D eigenvalue weighted by atomic mass is 32.2. The van der Waals surface area contributed by atoms with E-state index in [2.05, 4.69) is 13.8 Å². The third-order valence-corrected chi connectivity index (χ3v) is 5.56. The maximum atomic E-state index is 12.0. The number of hydrogen-bond acceptors (Lipinski definition) is 2. The molecular formula is C11H23NO2S. The van der Waals surface area contributed by atoms with Gasteiger partial charge in [0, 0.05) is 13.1 Å². The van der Waals surface area contributed by atoms with Crippen LogP contribution in [0.25, 0.3) is 0 Å². The molecule has 1 aliphatic heterocycles. The molecule has 1 atom stereocenters. The van der Waals surface area contributed by atoms with Crippen LogP contribution in [0.2, 0.25) is 0 Å². The van der Waals surface area contributed by atoms with Gasteiger partial charge in [0.05, 0.1) is 5.25 Å². The fourth-order valence-corrected chi connectivity index (χ4v) is 3.43. The second-order valence-corrected chi connectivity index (χ2v) is 7.59. The topological polar surface area (TPSA) is 37.4 Å². The molecule has 0 spiro atoms. The lowest BCUT2D eigenvalue weighted by atomic mass is 9.89. The van der Waals surface area contributed by atoms with Crippen LogP contribution in [0.4, 0.5) is 0 Å². The highest BCUT2D eigenvalue weighted by Gasteiger charge is 2.31. The molecule has 0 aromatic carbocycles. The van der Waals surface area contributed by atoms with Gasteiger partial charge < -0.3 is 0 Å². The van der Waals surface area contributed by atoms with E-state index in [9.17, 15) is 8.42 Å². The van der Waals surface area contributed by atoms with E-state index in [4.69, 9.17) is 0 Å². The average Bonchev–Trinajstić information content (AvgIpc) is 2.17. The Morgan fingerprint density at radius 2 is 1.80 bits per heavy atom. The van der Waals surface area contributed by atoms with E-state index < -0.39 is 10.0 Å². The lowest BCUT2D eigenvalue weighted by Crippen LogP contribution is -2.44. The summed E-state index contributed by atoms with van der Waals surface area (Å²) in [5.74, 6) is 1.11. The van der Waals surface area contributed by atoms with Crippen molar-refractivity contribution in [1.82, 2.24) is 4.31 Å². The molecule has 1 fully saturated rings.